The molecule has 0 saturated heterocycles. The molecule has 2 nitrogen and oxygen atoms in total. The molecule has 3 heteroatoms. The first-order valence-electron chi connectivity index (χ1n) is 7.96. The maximum absolute atomic E-state index is 13.0. The third kappa shape index (κ3) is 3.09. The van der Waals surface area contributed by atoms with Gasteiger partial charge in [-0.3, -0.25) is 0 Å². The summed E-state index contributed by atoms with van der Waals surface area (Å²) >= 11 is 0. The molecule has 1 amide bonds. The van der Waals surface area contributed by atoms with Crippen molar-refractivity contribution in [1.82, 2.24) is 0 Å². The Bertz CT molecular complexity index is 498. The molecule has 0 aromatic heterocycles. The van der Waals surface area contributed by atoms with Crippen LogP contribution in [0.15, 0.2) is 24.3 Å². The van der Waals surface area contributed by atoms with Crippen molar-refractivity contribution in [3.05, 3.63) is 29.8 Å². The fourth-order valence-corrected chi connectivity index (χ4v) is 3.54. The number of amides is 1. The van der Waals surface area contributed by atoms with Crippen LogP contribution in [0, 0.1) is 5.92 Å². The lowest BCUT2D eigenvalue weighted by Gasteiger charge is -2.27. The second kappa shape index (κ2) is 7.06. The van der Waals surface area contributed by atoms with E-state index in [9.17, 15) is 4.79 Å². The summed E-state index contributed by atoms with van der Waals surface area (Å²) in [7, 11) is 0. The van der Waals surface area contributed by atoms with E-state index in [1.54, 1.807) is 0 Å². The van der Waals surface area contributed by atoms with Gasteiger partial charge >= 0.3 is 5.91 Å². The van der Waals surface area contributed by atoms with E-state index in [-0.39, 0.29) is 28.3 Å². The molecular weight excluding hydrogens is 326 g/mol. The van der Waals surface area contributed by atoms with Gasteiger partial charge in [-0.25, -0.2) is 9.69 Å². The van der Waals surface area contributed by atoms with Crippen LogP contribution in [-0.4, -0.2) is 11.9 Å². The van der Waals surface area contributed by atoms with Crippen molar-refractivity contribution in [3.63, 3.8) is 0 Å². The summed E-state index contributed by atoms with van der Waals surface area (Å²) in [6, 6.07) is 8.77. The highest BCUT2D eigenvalue weighted by molar-refractivity contribution is 5.74. The largest absolute Gasteiger partial charge is 1.00 e. The number of fused-ring (bicyclic) bond motifs is 1. The van der Waals surface area contributed by atoms with Gasteiger partial charge in [-0.1, -0.05) is 38.5 Å². The minimum absolute atomic E-state index is 0. The van der Waals surface area contributed by atoms with Gasteiger partial charge in [0, 0.05) is 11.0 Å². The van der Waals surface area contributed by atoms with Gasteiger partial charge in [0.15, 0.2) is 0 Å². The van der Waals surface area contributed by atoms with Crippen molar-refractivity contribution in [1.29, 1.82) is 0 Å². The smallest absolute Gasteiger partial charge is 0.320 e. The molecule has 3 atom stereocenters. The van der Waals surface area contributed by atoms with E-state index in [1.807, 2.05) is 0 Å². The average Bonchev–Trinajstić information content (AvgIpc) is 2.64. The number of para-hydroxylation sites is 1. The van der Waals surface area contributed by atoms with Gasteiger partial charge in [0.2, 0.25) is 0 Å². The molecule has 1 N–H and O–H groups in total. The molecule has 3 unspecified atom stereocenters. The minimum atomic E-state index is 0. The van der Waals surface area contributed by atoms with Crippen LogP contribution in [0.3, 0.4) is 0 Å². The topological polar surface area (TPSA) is 21.5 Å². The predicted octanol–water partition coefficient (Wildman–Crippen LogP) is 0.240. The zero-order valence-electron chi connectivity index (χ0n) is 13.9. The van der Waals surface area contributed by atoms with Gasteiger partial charge in [0.25, 0.3) is 0 Å². The average molecular weight is 354 g/mol. The second-order valence-electron chi connectivity index (χ2n) is 6.66. The van der Waals surface area contributed by atoms with E-state index in [2.05, 4.69) is 58.9 Å². The lowest BCUT2D eigenvalue weighted by molar-refractivity contribution is -0.777. The highest BCUT2D eigenvalue weighted by Crippen LogP contribution is 2.36. The Morgan fingerprint density at radius 1 is 1.29 bits per heavy atom. The Balaban J connectivity index is 0.00000220. The number of hydrogen-bond acceptors (Lipinski definition) is 1. The summed E-state index contributed by atoms with van der Waals surface area (Å²) in [6.45, 7) is 11.0. The molecule has 1 aromatic carbocycles. The molecule has 0 bridgehead atoms. The third-order valence-corrected chi connectivity index (χ3v) is 5.19. The van der Waals surface area contributed by atoms with Crippen LogP contribution in [0.2, 0.25) is 0 Å². The summed E-state index contributed by atoms with van der Waals surface area (Å²) < 4.78 is 0. The predicted molar refractivity (Wildman–Crippen MR) is 83.2 cm³/mol. The highest BCUT2D eigenvalue weighted by atomic mass is 79.9. The Morgan fingerprint density at radius 3 is 2.48 bits per heavy atom. The molecule has 0 spiro atoms. The molecule has 1 heterocycles. The summed E-state index contributed by atoms with van der Waals surface area (Å²) in [6.07, 6.45) is 3.04. The van der Waals surface area contributed by atoms with Gasteiger partial charge in [-0.2, -0.15) is 0 Å². The normalized spacial score (nSPS) is 24.0. The number of rotatable bonds is 4. The van der Waals surface area contributed by atoms with Crippen LogP contribution in [-0.2, 0) is 10.2 Å². The zero-order chi connectivity index (χ0) is 14.9. The summed E-state index contributed by atoms with van der Waals surface area (Å²) in [5, 5.41) is 0. The zero-order valence-corrected chi connectivity index (χ0v) is 15.5. The minimum Gasteiger partial charge on any atom is -1.00 e. The van der Waals surface area contributed by atoms with Gasteiger partial charge < -0.3 is 17.0 Å². The van der Waals surface area contributed by atoms with Crippen LogP contribution >= 0.6 is 0 Å². The molecule has 1 aliphatic heterocycles. The maximum Gasteiger partial charge on any atom is 0.320 e. The van der Waals surface area contributed by atoms with Crippen molar-refractivity contribution < 1.29 is 26.7 Å². The Morgan fingerprint density at radius 2 is 1.90 bits per heavy atom. The second-order valence-corrected chi connectivity index (χ2v) is 6.66. The number of carbonyl (C=O) groups is 1. The molecule has 2 rings (SSSR count). The monoisotopic (exact) mass is 353 g/mol. The molecule has 0 fully saturated rings. The Labute approximate surface area is 139 Å². The molecule has 21 heavy (non-hydrogen) atoms. The molecule has 1 aliphatic rings. The molecular formula is C18H28BrNO. The van der Waals surface area contributed by atoms with Gasteiger partial charge in [-0.15, -0.1) is 0 Å². The van der Waals surface area contributed by atoms with E-state index in [1.165, 1.54) is 11.3 Å². The number of benzene rings is 1. The Hall–Kier alpha value is -0.670. The summed E-state index contributed by atoms with van der Waals surface area (Å²) in [5.74, 6) is 0.583. The highest BCUT2D eigenvalue weighted by Gasteiger charge is 2.50. The van der Waals surface area contributed by atoms with Gasteiger partial charge in [-0.05, 0) is 39.7 Å². The Kier molecular flexibility index (Phi) is 6.18. The maximum atomic E-state index is 13.0. The SMILES string of the molecule is CCCC(CC)C(=O)[NH+]1c2ccccc2C(C)(C)C1C.[Br-]. The number of quaternary nitrogens is 1. The first-order chi connectivity index (χ1) is 9.45. The molecule has 1 aromatic rings. The number of nitrogens with one attached hydrogen (secondary N) is 1. The summed E-state index contributed by atoms with van der Waals surface area (Å²) in [5.41, 5.74) is 2.60. The van der Waals surface area contributed by atoms with Crippen molar-refractivity contribution in [3.8, 4) is 0 Å². The van der Waals surface area contributed by atoms with E-state index in [4.69, 9.17) is 0 Å². The van der Waals surface area contributed by atoms with Crippen molar-refractivity contribution in [2.24, 2.45) is 5.92 Å². The number of carbonyl (C=O) groups excluding carboxylic acids is 1. The van der Waals surface area contributed by atoms with Crippen LogP contribution in [0.5, 0.6) is 0 Å². The lowest BCUT2D eigenvalue weighted by atomic mass is 9.81. The van der Waals surface area contributed by atoms with Crippen molar-refractivity contribution in [2.75, 3.05) is 0 Å². The molecule has 118 valence electrons. The first-order valence-corrected chi connectivity index (χ1v) is 7.96. The number of halogens is 1. The third-order valence-electron chi connectivity index (χ3n) is 5.19. The fourth-order valence-electron chi connectivity index (χ4n) is 3.54. The van der Waals surface area contributed by atoms with Gasteiger partial charge in [0.05, 0.1) is 5.92 Å². The van der Waals surface area contributed by atoms with Crippen molar-refractivity contribution >= 4 is 11.6 Å². The van der Waals surface area contributed by atoms with Crippen LogP contribution < -0.4 is 21.9 Å². The molecule has 0 saturated carbocycles. The molecule has 0 radical (unpaired) electrons. The van der Waals surface area contributed by atoms with Crippen LogP contribution in [0.4, 0.5) is 5.69 Å². The first kappa shape index (κ1) is 18.4. The molecule has 0 aliphatic carbocycles. The van der Waals surface area contributed by atoms with E-state index in [0.29, 0.717) is 11.9 Å². The summed E-state index contributed by atoms with van der Waals surface area (Å²) in [4.78, 5) is 14.1. The lowest BCUT2D eigenvalue weighted by Crippen LogP contribution is -3.14. The quantitative estimate of drug-likeness (QED) is 0.822. The van der Waals surface area contributed by atoms with Crippen LogP contribution in [0.1, 0.15) is 59.4 Å². The van der Waals surface area contributed by atoms with E-state index in [0.717, 1.165) is 24.2 Å². The van der Waals surface area contributed by atoms with E-state index >= 15 is 0 Å². The fraction of sp³-hybridized carbons (Fsp3) is 0.611. The van der Waals surface area contributed by atoms with Gasteiger partial charge in [0.1, 0.15) is 11.7 Å². The standard InChI is InChI=1S/C18H27NO.BrH/c1-6-10-14(7-2)17(20)19-13(3)18(4,5)15-11-8-9-12-16(15)19;/h8-9,11-14H,6-7,10H2,1-5H3;1H. The van der Waals surface area contributed by atoms with Crippen LogP contribution in [0.25, 0.3) is 0 Å². The number of hydrogen-bond donors (Lipinski definition) is 1. The van der Waals surface area contributed by atoms with Crippen molar-refractivity contribution in [2.45, 2.75) is 65.3 Å². The van der Waals surface area contributed by atoms with E-state index < -0.39 is 0 Å².